The maximum absolute atomic E-state index is 9.72. The first-order valence-electron chi connectivity index (χ1n) is 5.32. The van der Waals surface area contributed by atoms with Gasteiger partial charge in [-0.05, 0) is 19.1 Å². The maximum Gasteiger partial charge on any atom is 0.261 e. The Bertz CT molecular complexity index is 508. The lowest BCUT2D eigenvalue weighted by Gasteiger charge is -1.99. The van der Waals surface area contributed by atoms with Crippen LogP contribution in [-0.4, -0.2) is 29.0 Å². The van der Waals surface area contributed by atoms with Crippen molar-refractivity contribution in [1.29, 1.82) is 0 Å². The van der Waals surface area contributed by atoms with E-state index in [1.807, 2.05) is 19.1 Å². The van der Waals surface area contributed by atoms with Crippen molar-refractivity contribution in [2.24, 2.45) is 0 Å². The molecule has 5 nitrogen and oxygen atoms in total. The Morgan fingerprint density at radius 1 is 1.41 bits per heavy atom. The van der Waals surface area contributed by atoms with Crippen LogP contribution in [0, 0.1) is 6.92 Å². The van der Waals surface area contributed by atoms with Crippen LogP contribution < -0.4 is 0 Å². The minimum atomic E-state index is 0.137. The molecule has 2 aromatic rings. The lowest BCUT2D eigenvalue weighted by Crippen LogP contribution is -1.96. The number of methoxy groups -OCH3 is 1. The molecule has 0 aliphatic rings. The first-order valence-corrected chi connectivity index (χ1v) is 5.32. The van der Waals surface area contributed by atoms with Crippen LogP contribution in [0.1, 0.15) is 11.4 Å². The van der Waals surface area contributed by atoms with Gasteiger partial charge in [-0.2, -0.15) is 4.98 Å². The summed E-state index contributed by atoms with van der Waals surface area (Å²) < 4.78 is 10.0. The molecule has 1 aromatic heterocycles. The highest BCUT2D eigenvalue weighted by molar-refractivity contribution is 5.62. The minimum absolute atomic E-state index is 0.137. The monoisotopic (exact) mass is 234 g/mol. The predicted octanol–water partition coefficient (Wildman–Crippen LogP) is 1.94. The van der Waals surface area contributed by atoms with Gasteiger partial charge in [0.2, 0.25) is 0 Å². The van der Waals surface area contributed by atoms with Gasteiger partial charge in [0.05, 0.1) is 12.2 Å². The van der Waals surface area contributed by atoms with Crippen LogP contribution in [0.2, 0.25) is 0 Å². The minimum Gasteiger partial charge on any atom is -0.507 e. The zero-order chi connectivity index (χ0) is 12.3. The van der Waals surface area contributed by atoms with Crippen LogP contribution in [0.15, 0.2) is 22.7 Å². The molecule has 0 fully saturated rings. The summed E-state index contributed by atoms with van der Waals surface area (Å²) >= 11 is 0. The Morgan fingerprint density at radius 3 is 3.00 bits per heavy atom. The topological polar surface area (TPSA) is 68.4 Å². The molecule has 0 aliphatic carbocycles. The normalized spacial score (nSPS) is 10.7. The van der Waals surface area contributed by atoms with Crippen molar-refractivity contribution < 1.29 is 14.4 Å². The summed E-state index contributed by atoms with van der Waals surface area (Å²) in [6.45, 7) is 2.48. The Morgan fingerprint density at radius 2 is 2.24 bits per heavy atom. The molecular weight excluding hydrogens is 220 g/mol. The van der Waals surface area contributed by atoms with Gasteiger partial charge < -0.3 is 14.4 Å². The molecule has 0 saturated carbocycles. The largest absolute Gasteiger partial charge is 0.507 e. The van der Waals surface area contributed by atoms with E-state index in [0.717, 1.165) is 5.56 Å². The molecule has 1 aromatic carbocycles. The van der Waals surface area contributed by atoms with Crippen LogP contribution in [0.5, 0.6) is 5.75 Å². The zero-order valence-corrected chi connectivity index (χ0v) is 9.80. The number of hydrogen-bond acceptors (Lipinski definition) is 5. The first-order chi connectivity index (χ1) is 8.20. The molecule has 0 unspecified atom stereocenters. The quantitative estimate of drug-likeness (QED) is 0.875. The summed E-state index contributed by atoms with van der Waals surface area (Å²) in [4.78, 5) is 4.20. The number of phenolic OH excluding ortho intramolecular Hbond substituents is 1. The fraction of sp³-hybridized carbons (Fsp3) is 0.333. The van der Waals surface area contributed by atoms with Crippen molar-refractivity contribution in [1.82, 2.24) is 10.1 Å². The van der Waals surface area contributed by atoms with Gasteiger partial charge in [0, 0.05) is 13.5 Å². The summed E-state index contributed by atoms with van der Waals surface area (Å²) in [5.41, 5.74) is 1.58. The molecule has 1 heterocycles. The fourth-order valence-electron chi connectivity index (χ4n) is 1.48. The lowest BCUT2D eigenvalue weighted by molar-refractivity contribution is 0.199. The second-order valence-electron chi connectivity index (χ2n) is 3.78. The number of aryl methyl sites for hydroxylation is 1. The molecule has 0 bridgehead atoms. The van der Waals surface area contributed by atoms with E-state index in [1.165, 1.54) is 0 Å². The van der Waals surface area contributed by atoms with Gasteiger partial charge in [-0.1, -0.05) is 16.8 Å². The van der Waals surface area contributed by atoms with E-state index in [4.69, 9.17) is 9.26 Å². The molecule has 90 valence electrons. The van der Waals surface area contributed by atoms with E-state index < -0.39 is 0 Å². The van der Waals surface area contributed by atoms with E-state index >= 15 is 0 Å². The molecule has 5 heteroatoms. The Balaban J connectivity index is 2.27. The molecule has 2 rings (SSSR count). The number of nitrogens with zero attached hydrogens (tertiary/aromatic N) is 2. The third-order valence-corrected chi connectivity index (χ3v) is 2.38. The average molecular weight is 234 g/mol. The highest BCUT2D eigenvalue weighted by Crippen LogP contribution is 2.28. The van der Waals surface area contributed by atoms with E-state index in [1.54, 1.807) is 13.2 Å². The van der Waals surface area contributed by atoms with Crippen molar-refractivity contribution in [3.05, 3.63) is 29.6 Å². The van der Waals surface area contributed by atoms with Crippen molar-refractivity contribution in [3.8, 4) is 17.2 Å². The smallest absolute Gasteiger partial charge is 0.261 e. The first kappa shape index (κ1) is 11.6. The highest BCUT2D eigenvalue weighted by Gasteiger charge is 2.12. The molecule has 17 heavy (non-hydrogen) atoms. The number of aromatic hydroxyl groups is 1. The molecular formula is C12H14N2O3. The van der Waals surface area contributed by atoms with Crippen molar-refractivity contribution in [2.45, 2.75) is 13.3 Å². The highest BCUT2D eigenvalue weighted by atomic mass is 16.5. The van der Waals surface area contributed by atoms with Crippen molar-refractivity contribution in [2.75, 3.05) is 13.7 Å². The Hall–Kier alpha value is -1.88. The number of benzene rings is 1. The van der Waals surface area contributed by atoms with Gasteiger partial charge in [0.15, 0.2) is 5.82 Å². The Labute approximate surface area is 99.0 Å². The number of hydrogen-bond donors (Lipinski definition) is 1. The van der Waals surface area contributed by atoms with Gasteiger partial charge in [0.1, 0.15) is 5.75 Å². The van der Waals surface area contributed by atoms with Crippen LogP contribution >= 0.6 is 0 Å². The van der Waals surface area contributed by atoms with Gasteiger partial charge in [-0.15, -0.1) is 0 Å². The SMILES string of the molecule is COCCc1noc(-c2cc(C)ccc2O)n1. The average Bonchev–Trinajstić information content (AvgIpc) is 2.78. The molecule has 0 spiro atoms. The maximum atomic E-state index is 9.72. The molecule has 0 atom stereocenters. The molecule has 0 amide bonds. The van der Waals surface area contributed by atoms with Crippen LogP contribution in [0.4, 0.5) is 0 Å². The summed E-state index contributed by atoms with van der Waals surface area (Å²) in [7, 11) is 1.62. The van der Waals surface area contributed by atoms with Crippen LogP contribution in [-0.2, 0) is 11.2 Å². The van der Waals surface area contributed by atoms with Crippen LogP contribution in [0.25, 0.3) is 11.5 Å². The third-order valence-electron chi connectivity index (χ3n) is 2.38. The van der Waals surface area contributed by atoms with E-state index in [2.05, 4.69) is 10.1 Å². The zero-order valence-electron chi connectivity index (χ0n) is 9.80. The van der Waals surface area contributed by atoms with Crippen molar-refractivity contribution >= 4 is 0 Å². The van der Waals surface area contributed by atoms with E-state index in [-0.39, 0.29) is 5.75 Å². The number of rotatable bonds is 4. The van der Waals surface area contributed by atoms with Crippen LogP contribution in [0.3, 0.4) is 0 Å². The predicted molar refractivity (Wildman–Crippen MR) is 61.7 cm³/mol. The molecule has 1 N–H and O–H groups in total. The molecule has 0 saturated heterocycles. The van der Waals surface area contributed by atoms with E-state index in [0.29, 0.717) is 30.3 Å². The third kappa shape index (κ3) is 2.62. The second kappa shape index (κ2) is 4.97. The van der Waals surface area contributed by atoms with Crippen molar-refractivity contribution in [3.63, 3.8) is 0 Å². The summed E-state index contributed by atoms with van der Waals surface area (Å²) in [5.74, 6) is 1.04. The Kier molecular flexibility index (Phi) is 3.39. The summed E-state index contributed by atoms with van der Waals surface area (Å²) in [6, 6.07) is 5.24. The standard InChI is InChI=1S/C12H14N2O3/c1-8-3-4-10(15)9(7-8)12-13-11(14-17-12)5-6-16-2/h3-4,7,15H,5-6H2,1-2H3. The summed E-state index contributed by atoms with van der Waals surface area (Å²) in [6.07, 6.45) is 0.590. The molecule has 0 radical (unpaired) electrons. The number of phenols is 1. The number of ether oxygens (including phenoxy) is 1. The summed E-state index contributed by atoms with van der Waals surface area (Å²) in [5, 5.41) is 13.5. The second-order valence-corrected chi connectivity index (χ2v) is 3.78. The van der Waals surface area contributed by atoms with Gasteiger partial charge >= 0.3 is 0 Å². The van der Waals surface area contributed by atoms with Gasteiger partial charge in [-0.3, -0.25) is 0 Å². The lowest BCUT2D eigenvalue weighted by atomic mass is 10.1. The fourth-order valence-corrected chi connectivity index (χ4v) is 1.48. The van der Waals surface area contributed by atoms with Gasteiger partial charge in [0.25, 0.3) is 5.89 Å². The van der Waals surface area contributed by atoms with E-state index in [9.17, 15) is 5.11 Å². The number of aromatic nitrogens is 2. The van der Waals surface area contributed by atoms with Gasteiger partial charge in [-0.25, -0.2) is 0 Å². The molecule has 0 aliphatic heterocycles.